The summed E-state index contributed by atoms with van der Waals surface area (Å²) in [6.45, 7) is 2.17. The summed E-state index contributed by atoms with van der Waals surface area (Å²) >= 11 is 0. The number of carbonyl (C=O) groups excluding carboxylic acids is 1. The second-order valence-electron chi connectivity index (χ2n) is 5.27. The van der Waals surface area contributed by atoms with E-state index in [2.05, 4.69) is 6.92 Å². The van der Waals surface area contributed by atoms with E-state index < -0.39 is 0 Å². The van der Waals surface area contributed by atoms with Gasteiger partial charge in [0.1, 0.15) is 5.78 Å². The first-order chi connectivity index (χ1) is 6.31. The van der Waals surface area contributed by atoms with Gasteiger partial charge in [-0.1, -0.05) is 6.92 Å². The average molecular weight is 178 g/mol. The number of fused-ring (bicyclic) bond motifs is 5. The molecule has 1 nitrogen and oxygen atoms in total. The lowest BCUT2D eigenvalue weighted by Gasteiger charge is -2.22. The predicted molar refractivity (Wildman–Crippen MR) is 51.2 cm³/mol. The fourth-order valence-electron chi connectivity index (χ4n) is 4.28. The fraction of sp³-hybridized carbons (Fsp3) is 0.917. The molecule has 0 aliphatic heterocycles. The number of hydrogen-bond donors (Lipinski definition) is 0. The highest BCUT2D eigenvalue weighted by Crippen LogP contribution is 2.58. The highest BCUT2D eigenvalue weighted by Gasteiger charge is 2.55. The lowest BCUT2D eigenvalue weighted by molar-refractivity contribution is -0.125. The third-order valence-electron chi connectivity index (χ3n) is 4.87. The van der Waals surface area contributed by atoms with Gasteiger partial charge < -0.3 is 0 Å². The van der Waals surface area contributed by atoms with Crippen LogP contribution in [0.15, 0.2) is 0 Å². The van der Waals surface area contributed by atoms with E-state index in [0.717, 1.165) is 24.2 Å². The van der Waals surface area contributed by atoms with Gasteiger partial charge >= 0.3 is 0 Å². The molecule has 0 aromatic heterocycles. The van der Waals surface area contributed by atoms with Crippen LogP contribution < -0.4 is 0 Å². The van der Waals surface area contributed by atoms with Crippen molar-refractivity contribution in [1.82, 2.24) is 0 Å². The zero-order valence-corrected chi connectivity index (χ0v) is 8.33. The molecule has 3 fully saturated rings. The molecule has 0 heterocycles. The van der Waals surface area contributed by atoms with Crippen LogP contribution in [0, 0.1) is 29.6 Å². The summed E-state index contributed by atoms with van der Waals surface area (Å²) in [5, 5.41) is 0. The SMILES string of the molecule is CCC1C[C@H]2[C@@H]3CC[C@@H](C3)[C@H]2C1=O. The summed E-state index contributed by atoms with van der Waals surface area (Å²) < 4.78 is 0. The van der Waals surface area contributed by atoms with Crippen molar-refractivity contribution < 1.29 is 4.79 Å². The van der Waals surface area contributed by atoms with Gasteiger partial charge in [-0.25, -0.2) is 0 Å². The minimum Gasteiger partial charge on any atom is -0.299 e. The topological polar surface area (TPSA) is 17.1 Å². The van der Waals surface area contributed by atoms with E-state index in [1.807, 2.05) is 0 Å². The fourth-order valence-corrected chi connectivity index (χ4v) is 4.28. The van der Waals surface area contributed by atoms with E-state index in [4.69, 9.17) is 0 Å². The summed E-state index contributed by atoms with van der Waals surface area (Å²) in [5.74, 6) is 4.16. The second kappa shape index (κ2) is 2.59. The first kappa shape index (κ1) is 8.02. The van der Waals surface area contributed by atoms with Crippen LogP contribution in [0.25, 0.3) is 0 Å². The average Bonchev–Trinajstić information content (AvgIpc) is 2.76. The molecule has 0 N–H and O–H groups in total. The molecule has 3 aliphatic rings. The van der Waals surface area contributed by atoms with E-state index >= 15 is 0 Å². The summed E-state index contributed by atoms with van der Waals surface area (Å²) in [5.41, 5.74) is 0. The van der Waals surface area contributed by atoms with Crippen LogP contribution in [0.4, 0.5) is 0 Å². The van der Waals surface area contributed by atoms with Crippen molar-refractivity contribution in [3.05, 3.63) is 0 Å². The summed E-state index contributed by atoms with van der Waals surface area (Å²) in [4.78, 5) is 12.0. The Bertz CT molecular complexity index is 246. The number of hydrogen-bond acceptors (Lipinski definition) is 1. The van der Waals surface area contributed by atoms with E-state index in [-0.39, 0.29) is 0 Å². The number of Topliss-reactive ketones (excluding diaryl/α,β-unsaturated/α-hetero) is 1. The van der Waals surface area contributed by atoms with Crippen LogP contribution in [0.5, 0.6) is 0 Å². The number of carbonyl (C=O) groups is 1. The number of rotatable bonds is 1. The maximum absolute atomic E-state index is 12.0. The van der Waals surface area contributed by atoms with Gasteiger partial charge in [0.25, 0.3) is 0 Å². The molecule has 1 heteroatoms. The van der Waals surface area contributed by atoms with Gasteiger partial charge in [0.15, 0.2) is 0 Å². The van der Waals surface area contributed by atoms with Gasteiger partial charge in [0, 0.05) is 11.8 Å². The standard InChI is InChI=1S/C12H18O/c1-2-7-6-10-8-3-4-9(5-8)11(10)12(7)13/h7-11H,2-6H2,1H3/t7?,8-,9+,10+,11-/m1/s1. The first-order valence-electron chi connectivity index (χ1n) is 5.85. The lowest BCUT2D eigenvalue weighted by Crippen LogP contribution is -2.23. The minimum absolute atomic E-state index is 0.443. The van der Waals surface area contributed by atoms with Crippen LogP contribution in [0.3, 0.4) is 0 Å². The first-order valence-corrected chi connectivity index (χ1v) is 5.85. The molecule has 3 rings (SSSR count). The molecule has 0 radical (unpaired) electrons. The van der Waals surface area contributed by atoms with Crippen molar-refractivity contribution in [2.24, 2.45) is 29.6 Å². The highest BCUT2D eigenvalue weighted by atomic mass is 16.1. The van der Waals surface area contributed by atoms with Crippen LogP contribution in [0.2, 0.25) is 0 Å². The largest absolute Gasteiger partial charge is 0.299 e. The van der Waals surface area contributed by atoms with Crippen molar-refractivity contribution in [1.29, 1.82) is 0 Å². The zero-order valence-electron chi connectivity index (χ0n) is 8.33. The molecule has 3 aliphatic carbocycles. The molecule has 2 bridgehead atoms. The molecule has 0 aromatic carbocycles. The molecule has 13 heavy (non-hydrogen) atoms. The maximum atomic E-state index is 12.0. The second-order valence-corrected chi connectivity index (χ2v) is 5.27. The Hall–Kier alpha value is -0.330. The Labute approximate surface area is 79.9 Å². The van der Waals surface area contributed by atoms with Crippen LogP contribution >= 0.6 is 0 Å². The molecule has 5 atom stereocenters. The van der Waals surface area contributed by atoms with E-state index in [9.17, 15) is 4.79 Å². The van der Waals surface area contributed by atoms with Crippen molar-refractivity contribution in [2.45, 2.75) is 39.0 Å². The minimum atomic E-state index is 0.443. The Morgan fingerprint density at radius 1 is 1.23 bits per heavy atom. The normalized spacial score (nSPS) is 53.0. The molecule has 0 aromatic rings. The third kappa shape index (κ3) is 0.908. The third-order valence-corrected chi connectivity index (χ3v) is 4.87. The Morgan fingerprint density at radius 2 is 2.00 bits per heavy atom. The molecular formula is C12H18O. The van der Waals surface area contributed by atoms with Gasteiger partial charge in [0.05, 0.1) is 0 Å². The molecular weight excluding hydrogens is 160 g/mol. The van der Waals surface area contributed by atoms with Crippen molar-refractivity contribution in [2.75, 3.05) is 0 Å². The van der Waals surface area contributed by atoms with E-state index in [1.54, 1.807) is 0 Å². The monoisotopic (exact) mass is 178 g/mol. The van der Waals surface area contributed by atoms with Gasteiger partial charge in [-0.15, -0.1) is 0 Å². The zero-order chi connectivity index (χ0) is 9.00. The molecule has 0 spiro atoms. The van der Waals surface area contributed by atoms with E-state index in [0.29, 0.717) is 17.6 Å². The molecule has 72 valence electrons. The molecule has 0 saturated heterocycles. The lowest BCUT2D eigenvalue weighted by atomic mass is 9.81. The Morgan fingerprint density at radius 3 is 2.69 bits per heavy atom. The molecule has 3 saturated carbocycles. The molecule has 1 unspecified atom stereocenters. The van der Waals surface area contributed by atoms with Crippen molar-refractivity contribution >= 4 is 5.78 Å². The maximum Gasteiger partial charge on any atom is 0.139 e. The summed E-state index contributed by atoms with van der Waals surface area (Å²) in [6, 6.07) is 0. The predicted octanol–water partition coefficient (Wildman–Crippen LogP) is 2.65. The van der Waals surface area contributed by atoms with Crippen LogP contribution in [0.1, 0.15) is 39.0 Å². The van der Waals surface area contributed by atoms with Crippen LogP contribution in [-0.4, -0.2) is 5.78 Å². The highest BCUT2D eigenvalue weighted by molar-refractivity contribution is 5.86. The number of ketones is 1. The quantitative estimate of drug-likeness (QED) is 0.603. The van der Waals surface area contributed by atoms with Crippen molar-refractivity contribution in [3.8, 4) is 0 Å². The van der Waals surface area contributed by atoms with Gasteiger partial charge in [-0.2, -0.15) is 0 Å². The van der Waals surface area contributed by atoms with Gasteiger partial charge in [-0.05, 0) is 49.9 Å². The van der Waals surface area contributed by atoms with Gasteiger partial charge in [-0.3, -0.25) is 4.79 Å². The van der Waals surface area contributed by atoms with Crippen LogP contribution in [-0.2, 0) is 4.79 Å². The summed E-state index contributed by atoms with van der Waals surface area (Å²) in [7, 11) is 0. The molecule has 0 amide bonds. The van der Waals surface area contributed by atoms with Gasteiger partial charge in [0.2, 0.25) is 0 Å². The smallest absolute Gasteiger partial charge is 0.139 e. The van der Waals surface area contributed by atoms with E-state index in [1.165, 1.54) is 25.7 Å². The Balaban J connectivity index is 1.88. The summed E-state index contributed by atoms with van der Waals surface area (Å²) in [6.07, 6.45) is 6.49. The van der Waals surface area contributed by atoms with Crippen molar-refractivity contribution in [3.63, 3.8) is 0 Å². The Kier molecular flexibility index (Phi) is 1.59.